The normalized spacial score (nSPS) is 16.0. The zero-order valence-corrected chi connectivity index (χ0v) is 27.7. The number of nitrogens with zero attached hydrogens (tertiary/aromatic N) is 5. The lowest BCUT2D eigenvalue weighted by atomic mass is 9.90. The van der Waals surface area contributed by atoms with E-state index < -0.39 is 5.60 Å². The summed E-state index contributed by atoms with van der Waals surface area (Å²) in [5.41, 5.74) is 6.61. The van der Waals surface area contributed by atoms with Crippen LogP contribution in [0.3, 0.4) is 0 Å². The molecule has 3 aromatic carbocycles. The van der Waals surface area contributed by atoms with Crippen molar-refractivity contribution in [2.75, 3.05) is 25.5 Å². The van der Waals surface area contributed by atoms with Crippen LogP contribution in [-0.4, -0.2) is 60.8 Å². The van der Waals surface area contributed by atoms with Gasteiger partial charge in [-0.2, -0.15) is 0 Å². The number of aliphatic hydroxyl groups is 1. The van der Waals surface area contributed by atoms with E-state index in [0.29, 0.717) is 38.2 Å². The molecule has 2 N–H and O–H groups in total. The van der Waals surface area contributed by atoms with Crippen molar-refractivity contribution < 1.29 is 9.90 Å². The summed E-state index contributed by atoms with van der Waals surface area (Å²) in [7, 11) is 1.93. The molecule has 47 heavy (non-hydrogen) atoms. The number of benzene rings is 3. The minimum atomic E-state index is -1.18. The molecule has 3 heterocycles. The van der Waals surface area contributed by atoms with E-state index in [1.807, 2.05) is 42.3 Å². The van der Waals surface area contributed by atoms with Gasteiger partial charge in [0.15, 0.2) is 5.82 Å². The highest BCUT2D eigenvalue weighted by Crippen LogP contribution is 2.39. The summed E-state index contributed by atoms with van der Waals surface area (Å²) in [5, 5.41) is 20.1. The summed E-state index contributed by atoms with van der Waals surface area (Å²) in [5.74, 6) is 0.696. The Kier molecular flexibility index (Phi) is 9.21. The predicted octanol–water partition coefficient (Wildman–Crippen LogP) is 5.72. The first-order valence-corrected chi connectivity index (χ1v) is 16.3. The molecule has 244 valence electrons. The largest absolute Gasteiger partial charge is 0.388 e. The summed E-state index contributed by atoms with van der Waals surface area (Å²) in [6.45, 7) is 3.01. The van der Waals surface area contributed by atoms with Gasteiger partial charge in [0.1, 0.15) is 0 Å². The highest BCUT2D eigenvalue weighted by molar-refractivity contribution is 5.85. The number of likely N-dealkylation sites (tertiary alicyclic amines) is 1. The number of amides is 1. The highest BCUT2D eigenvalue weighted by atomic mass is 35.5. The molecule has 1 amide bonds. The second-order valence-corrected chi connectivity index (χ2v) is 12.8. The smallest absolute Gasteiger partial charge is 0.297 e. The van der Waals surface area contributed by atoms with Gasteiger partial charge in [0.05, 0.1) is 12.1 Å². The fourth-order valence-electron chi connectivity index (χ4n) is 7.19. The second-order valence-electron chi connectivity index (χ2n) is 12.8. The molecule has 1 atom stereocenters. The minimum Gasteiger partial charge on any atom is -0.388 e. The van der Waals surface area contributed by atoms with Crippen molar-refractivity contribution in [1.82, 2.24) is 24.1 Å². The Balaban J connectivity index is 0.00000386. The molecule has 2 aliphatic rings. The number of anilines is 1. The van der Waals surface area contributed by atoms with Gasteiger partial charge in [0, 0.05) is 55.8 Å². The Morgan fingerprint density at radius 3 is 2.53 bits per heavy atom. The van der Waals surface area contributed by atoms with E-state index in [4.69, 9.17) is 5.10 Å². The number of hydrogen-bond acceptors (Lipinski definition) is 6. The van der Waals surface area contributed by atoms with Crippen LogP contribution in [-0.2, 0) is 24.2 Å². The van der Waals surface area contributed by atoms with E-state index in [1.165, 1.54) is 15.6 Å². The maximum absolute atomic E-state index is 14.0. The van der Waals surface area contributed by atoms with Gasteiger partial charge < -0.3 is 15.3 Å². The fraction of sp³-hybridized carbons (Fsp3) is 0.351. The van der Waals surface area contributed by atoms with Crippen LogP contribution in [0.5, 0.6) is 0 Å². The lowest BCUT2D eigenvalue weighted by Gasteiger charge is -2.39. The first kappa shape index (κ1) is 32.5. The van der Waals surface area contributed by atoms with E-state index in [-0.39, 0.29) is 42.0 Å². The Morgan fingerprint density at radius 2 is 1.77 bits per heavy atom. The van der Waals surface area contributed by atoms with Crippen LogP contribution in [0.2, 0.25) is 0 Å². The van der Waals surface area contributed by atoms with Crippen molar-refractivity contribution in [3.05, 3.63) is 106 Å². The van der Waals surface area contributed by atoms with Crippen molar-refractivity contribution in [3.8, 4) is 22.5 Å². The number of hydrogen-bond donors (Lipinski definition) is 2. The zero-order valence-electron chi connectivity index (χ0n) is 26.9. The first-order chi connectivity index (χ1) is 22.3. The van der Waals surface area contributed by atoms with Crippen LogP contribution in [0, 0.1) is 0 Å². The molecule has 0 spiro atoms. The number of aryl methyl sites for hydroxylation is 1. The number of piperidine rings is 1. The zero-order chi connectivity index (χ0) is 31.8. The van der Waals surface area contributed by atoms with Gasteiger partial charge in [-0.25, -0.2) is 9.50 Å². The fourth-order valence-corrected chi connectivity index (χ4v) is 7.19. The Labute approximate surface area is 280 Å². The quantitative estimate of drug-likeness (QED) is 0.222. The van der Waals surface area contributed by atoms with Crippen molar-refractivity contribution >= 4 is 29.6 Å². The van der Waals surface area contributed by atoms with E-state index in [2.05, 4.69) is 53.6 Å². The van der Waals surface area contributed by atoms with Gasteiger partial charge in [-0.15, -0.1) is 17.5 Å². The lowest BCUT2D eigenvalue weighted by molar-refractivity contribution is -0.136. The van der Waals surface area contributed by atoms with E-state index >= 15 is 0 Å². The number of aromatic nitrogens is 4. The molecule has 10 heteroatoms. The number of carbonyl (C=O) groups excluding carboxylic acids is 1. The molecule has 1 saturated heterocycles. The van der Waals surface area contributed by atoms with Gasteiger partial charge in [0.25, 0.3) is 5.56 Å². The number of fused-ring (bicyclic) bond motifs is 2. The second kappa shape index (κ2) is 13.3. The number of rotatable bonds is 8. The van der Waals surface area contributed by atoms with Crippen LogP contribution in [0.15, 0.2) is 83.9 Å². The minimum absolute atomic E-state index is 0. The maximum atomic E-state index is 14.0. The third-order valence-corrected chi connectivity index (χ3v) is 9.82. The van der Waals surface area contributed by atoms with Crippen LogP contribution in [0.4, 0.5) is 5.69 Å². The van der Waals surface area contributed by atoms with E-state index in [0.717, 1.165) is 47.2 Å². The van der Waals surface area contributed by atoms with Crippen molar-refractivity contribution in [2.24, 2.45) is 0 Å². The molecule has 7 rings (SSSR count). The number of imidazole rings is 1. The topological polar surface area (TPSA) is 105 Å². The average Bonchev–Trinajstić information content (AvgIpc) is 3.76. The summed E-state index contributed by atoms with van der Waals surface area (Å²) >= 11 is 0. The molecule has 9 nitrogen and oxygen atoms in total. The van der Waals surface area contributed by atoms with Gasteiger partial charge in [-0.1, -0.05) is 55.5 Å². The summed E-state index contributed by atoms with van der Waals surface area (Å²) in [6.07, 6.45) is 7.46. The third-order valence-electron chi connectivity index (χ3n) is 9.82. The summed E-state index contributed by atoms with van der Waals surface area (Å²) in [4.78, 5) is 33.3. The van der Waals surface area contributed by atoms with Crippen LogP contribution >= 0.6 is 12.4 Å². The van der Waals surface area contributed by atoms with Crippen molar-refractivity contribution in [3.63, 3.8) is 0 Å². The molecule has 0 bridgehead atoms. The highest BCUT2D eigenvalue weighted by Gasteiger charge is 2.36. The molecular weight excluding hydrogens is 612 g/mol. The Morgan fingerprint density at radius 1 is 1.02 bits per heavy atom. The van der Waals surface area contributed by atoms with Gasteiger partial charge in [0.2, 0.25) is 11.6 Å². The standard InChI is InChI=1S/C37H40N6O3.ClH/c1-25(26-9-4-3-5-10-26)21-33(44)41-18-15-37(46,16-19-41)24-42-34(40-43-20-17-39-35(43)36(42)45)28-22-27-11-8-13-29(27)31(23-28)30-12-6-7-14-32(30)38-2;/h3-7,9-10,12,14,17,20,22-23,25,38,46H,8,11,13,15-16,18-19,21,24H2,1-2H3;1H/t25-;/m1./s1. The average molecular weight is 653 g/mol. The number of halogens is 1. The molecule has 0 unspecified atom stereocenters. The van der Waals surface area contributed by atoms with Crippen molar-refractivity contribution in [2.45, 2.75) is 63.5 Å². The van der Waals surface area contributed by atoms with Gasteiger partial charge >= 0.3 is 0 Å². The van der Waals surface area contributed by atoms with Crippen LogP contribution in [0.1, 0.15) is 55.2 Å². The third kappa shape index (κ3) is 6.30. The SMILES string of the molecule is CNc1ccccc1-c1cc(-c2nn3ccnc3c(=O)n2CC2(O)CCN(C(=O)C[C@@H](C)c3ccccc3)CC2)cc2c1CCC2.Cl. The van der Waals surface area contributed by atoms with E-state index in [9.17, 15) is 14.7 Å². The predicted molar refractivity (Wildman–Crippen MR) is 187 cm³/mol. The number of carbonyl (C=O) groups is 1. The maximum Gasteiger partial charge on any atom is 0.297 e. The molecule has 1 fully saturated rings. The van der Waals surface area contributed by atoms with Gasteiger partial charge in [-0.3, -0.25) is 14.2 Å². The molecular formula is C37H41ClN6O3. The Hall–Kier alpha value is -4.47. The van der Waals surface area contributed by atoms with Crippen LogP contribution < -0.4 is 10.9 Å². The summed E-state index contributed by atoms with van der Waals surface area (Å²) in [6, 6.07) is 22.6. The lowest BCUT2D eigenvalue weighted by Crippen LogP contribution is -2.50. The molecule has 2 aromatic heterocycles. The Bertz CT molecular complexity index is 1960. The molecule has 5 aromatic rings. The summed E-state index contributed by atoms with van der Waals surface area (Å²) < 4.78 is 3.13. The monoisotopic (exact) mass is 652 g/mol. The number of para-hydroxylation sites is 1. The van der Waals surface area contributed by atoms with Crippen molar-refractivity contribution in [1.29, 1.82) is 0 Å². The molecule has 0 saturated carbocycles. The molecule has 0 radical (unpaired) electrons. The molecule has 1 aliphatic carbocycles. The van der Waals surface area contributed by atoms with Crippen LogP contribution in [0.25, 0.3) is 28.2 Å². The van der Waals surface area contributed by atoms with E-state index in [1.54, 1.807) is 17.0 Å². The number of nitrogens with one attached hydrogen (secondary N) is 1. The van der Waals surface area contributed by atoms with Gasteiger partial charge in [-0.05, 0) is 78.5 Å². The first-order valence-electron chi connectivity index (χ1n) is 16.3. The molecule has 1 aliphatic heterocycles.